The Hall–Kier alpha value is -2.82. The summed E-state index contributed by atoms with van der Waals surface area (Å²) in [5.74, 6) is 0.254. The smallest absolute Gasteiger partial charge is 0.243 e. The fraction of sp³-hybridized carbons (Fsp3) is 0.435. The zero-order valence-corrected chi connectivity index (χ0v) is 19.4. The number of aromatic nitrogens is 1. The summed E-state index contributed by atoms with van der Waals surface area (Å²) in [6.07, 6.45) is 2.50. The van der Waals surface area contributed by atoms with E-state index < -0.39 is 10.0 Å². The summed E-state index contributed by atoms with van der Waals surface area (Å²) >= 11 is 0. The molecule has 2 aliphatic rings. The first-order valence-corrected chi connectivity index (χ1v) is 12.5. The first-order chi connectivity index (χ1) is 15.8. The van der Waals surface area contributed by atoms with Gasteiger partial charge in [-0.05, 0) is 44.0 Å². The lowest BCUT2D eigenvalue weighted by atomic mass is 9.97. The molecular weight excluding hydrogens is 444 g/mol. The van der Waals surface area contributed by atoms with Crippen LogP contribution < -0.4 is 10.2 Å². The van der Waals surface area contributed by atoms with Gasteiger partial charge in [0.15, 0.2) is 5.78 Å². The van der Waals surface area contributed by atoms with Crippen molar-refractivity contribution < 1.29 is 22.7 Å². The summed E-state index contributed by atoms with van der Waals surface area (Å²) < 4.78 is 32.7. The zero-order valence-electron chi connectivity index (χ0n) is 18.6. The number of carbonyl (C=O) groups is 2. The third kappa shape index (κ3) is 5.40. The van der Waals surface area contributed by atoms with Gasteiger partial charge < -0.3 is 15.0 Å². The zero-order chi connectivity index (χ0) is 23.4. The van der Waals surface area contributed by atoms with Gasteiger partial charge in [0.2, 0.25) is 15.9 Å². The number of anilines is 2. The summed E-state index contributed by atoms with van der Waals surface area (Å²) in [5, 5.41) is 2.90. The van der Waals surface area contributed by atoms with Gasteiger partial charge in [-0.1, -0.05) is 12.1 Å². The molecule has 2 aliphatic heterocycles. The summed E-state index contributed by atoms with van der Waals surface area (Å²) in [7, 11) is -3.72. The van der Waals surface area contributed by atoms with Crippen molar-refractivity contribution in [3.8, 4) is 0 Å². The second kappa shape index (κ2) is 9.98. The quantitative estimate of drug-likeness (QED) is 0.642. The average molecular weight is 473 g/mol. The van der Waals surface area contributed by atoms with Gasteiger partial charge in [-0.25, -0.2) is 13.4 Å². The molecule has 0 spiro atoms. The lowest BCUT2D eigenvalue weighted by Gasteiger charge is -2.30. The lowest BCUT2D eigenvalue weighted by Crippen LogP contribution is -2.41. The van der Waals surface area contributed by atoms with Crippen LogP contribution in [0.4, 0.5) is 11.5 Å². The topological polar surface area (TPSA) is 109 Å². The Balaban J connectivity index is 1.33. The van der Waals surface area contributed by atoms with E-state index in [-0.39, 0.29) is 35.6 Å². The number of hydrogen-bond acceptors (Lipinski definition) is 7. The molecule has 0 aliphatic carbocycles. The molecule has 33 heavy (non-hydrogen) atoms. The molecule has 3 heterocycles. The monoisotopic (exact) mass is 472 g/mol. The number of morpholine rings is 1. The van der Waals surface area contributed by atoms with Crippen LogP contribution in [-0.4, -0.2) is 68.8 Å². The minimum absolute atomic E-state index is 0.101. The molecule has 1 N–H and O–H groups in total. The highest BCUT2D eigenvalue weighted by molar-refractivity contribution is 7.89. The Morgan fingerprint density at radius 2 is 1.79 bits per heavy atom. The van der Waals surface area contributed by atoms with E-state index in [1.165, 1.54) is 23.4 Å². The van der Waals surface area contributed by atoms with Gasteiger partial charge in [0.1, 0.15) is 5.82 Å². The molecule has 0 unspecified atom stereocenters. The number of nitrogens with one attached hydrogen (secondary N) is 1. The van der Waals surface area contributed by atoms with E-state index >= 15 is 0 Å². The molecule has 0 atom stereocenters. The summed E-state index contributed by atoms with van der Waals surface area (Å²) in [5.41, 5.74) is 0.978. The van der Waals surface area contributed by atoms with Crippen LogP contribution in [0.5, 0.6) is 0 Å². The molecule has 0 bridgehead atoms. The molecule has 176 valence electrons. The number of sulfonamides is 1. The largest absolute Gasteiger partial charge is 0.378 e. The van der Waals surface area contributed by atoms with E-state index in [1.54, 1.807) is 18.3 Å². The highest BCUT2D eigenvalue weighted by Crippen LogP contribution is 2.26. The predicted molar refractivity (Wildman–Crippen MR) is 124 cm³/mol. The minimum Gasteiger partial charge on any atom is -0.378 e. The fourth-order valence-electron chi connectivity index (χ4n) is 4.07. The van der Waals surface area contributed by atoms with Gasteiger partial charge in [-0.2, -0.15) is 4.31 Å². The van der Waals surface area contributed by atoms with Crippen molar-refractivity contribution in [3.63, 3.8) is 0 Å². The first-order valence-electron chi connectivity index (χ1n) is 11.1. The minimum atomic E-state index is -3.72. The molecule has 9 nitrogen and oxygen atoms in total. The third-order valence-corrected chi connectivity index (χ3v) is 7.95. The number of benzene rings is 1. The summed E-state index contributed by atoms with van der Waals surface area (Å²) in [6, 6.07) is 9.78. The highest BCUT2D eigenvalue weighted by Gasteiger charge is 2.32. The average Bonchev–Trinajstić information content (AvgIpc) is 2.85. The van der Waals surface area contributed by atoms with Crippen LogP contribution >= 0.6 is 0 Å². The van der Waals surface area contributed by atoms with E-state index in [0.717, 1.165) is 18.9 Å². The van der Waals surface area contributed by atoms with Crippen molar-refractivity contribution in [2.24, 2.45) is 5.92 Å². The number of amides is 1. The predicted octanol–water partition coefficient (Wildman–Crippen LogP) is 2.16. The van der Waals surface area contributed by atoms with Crippen molar-refractivity contribution in [2.45, 2.75) is 24.7 Å². The van der Waals surface area contributed by atoms with Crippen LogP contribution in [0.2, 0.25) is 0 Å². The number of Topliss-reactive ketones (excluding diaryl/α,β-unsaturated/α-hetero) is 1. The molecule has 4 rings (SSSR count). The van der Waals surface area contributed by atoms with Gasteiger partial charge in [0.05, 0.1) is 30.0 Å². The number of nitrogens with zero attached hydrogens (tertiary/aromatic N) is 3. The number of ether oxygens (including phenoxy) is 1. The normalized spacial score (nSPS) is 18.2. The number of hydrogen-bond donors (Lipinski definition) is 1. The Morgan fingerprint density at radius 3 is 2.42 bits per heavy atom. The molecule has 0 saturated carbocycles. The molecule has 10 heteroatoms. The van der Waals surface area contributed by atoms with Crippen molar-refractivity contribution in [1.82, 2.24) is 9.29 Å². The van der Waals surface area contributed by atoms with Crippen LogP contribution in [0.25, 0.3) is 0 Å². The molecule has 0 radical (unpaired) electrons. The van der Waals surface area contributed by atoms with Gasteiger partial charge in [0.25, 0.3) is 0 Å². The number of pyridine rings is 1. The molecule has 1 aromatic carbocycles. The van der Waals surface area contributed by atoms with E-state index in [4.69, 9.17) is 4.74 Å². The molecule has 1 aromatic heterocycles. The Bertz CT molecular complexity index is 1110. The van der Waals surface area contributed by atoms with Gasteiger partial charge in [-0.3, -0.25) is 9.59 Å². The van der Waals surface area contributed by atoms with Crippen LogP contribution in [0.3, 0.4) is 0 Å². The maximum absolute atomic E-state index is 13.0. The Kier molecular flexibility index (Phi) is 7.06. The van der Waals surface area contributed by atoms with Gasteiger partial charge in [0, 0.05) is 37.7 Å². The molecular formula is C23H28N4O5S. The van der Waals surface area contributed by atoms with Gasteiger partial charge >= 0.3 is 0 Å². The SMILES string of the molecule is CC(=O)c1cccc(S(=O)(=O)N2CCC(C(=O)Nc3ccc(N4CCOCC4)nc3)CC2)c1. The molecule has 2 saturated heterocycles. The summed E-state index contributed by atoms with van der Waals surface area (Å²) in [4.78, 5) is 31.0. The van der Waals surface area contributed by atoms with Crippen molar-refractivity contribution in [1.29, 1.82) is 0 Å². The maximum Gasteiger partial charge on any atom is 0.243 e. The lowest BCUT2D eigenvalue weighted by molar-refractivity contribution is -0.120. The van der Waals surface area contributed by atoms with Crippen LogP contribution in [-0.2, 0) is 19.6 Å². The van der Waals surface area contributed by atoms with Crippen molar-refractivity contribution >= 4 is 33.2 Å². The van der Waals surface area contributed by atoms with E-state index in [2.05, 4.69) is 15.2 Å². The third-order valence-electron chi connectivity index (χ3n) is 6.05. The maximum atomic E-state index is 13.0. The standard InChI is InChI=1S/C23H28N4O5S/c1-17(28)19-3-2-4-21(15-19)33(30,31)27-9-7-18(8-10-27)23(29)25-20-5-6-22(24-16-20)26-11-13-32-14-12-26/h2-6,15-16,18H,7-14H2,1H3,(H,25,29). The number of piperidine rings is 1. The van der Waals surface area contributed by atoms with Gasteiger partial charge in [-0.15, -0.1) is 0 Å². The van der Waals surface area contributed by atoms with Crippen LogP contribution in [0, 0.1) is 5.92 Å². The molecule has 2 aromatic rings. The second-order valence-electron chi connectivity index (χ2n) is 8.26. The molecule has 2 fully saturated rings. The number of rotatable bonds is 6. The summed E-state index contributed by atoms with van der Waals surface area (Å²) in [6.45, 7) is 4.84. The van der Waals surface area contributed by atoms with Crippen LogP contribution in [0.1, 0.15) is 30.1 Å². The van der Waals surface area contributed by atoms with E-state index in [9.17, 15) is 18.0 Å². The van der Waals surface area contributed by atoms with Crippen LogP contribution in [0.15, 0.2) is 47.5 Å². The van der Waals surface area contributed by atoms with Crippen molar-refractivity contribution in [3.05, 3.63) is 48.2 Å². The Morgan fingerprint density at radius 1 is 1.06 bits per heavy atom. The fourth-order valence-corrected chi connectivity index (χ4v) is 5.58. The van der Waals surface area contributed by atoms with Crippen molar-refractivity contribution in [2.75, 3.05) is 49.6 Å². The second-order valence-corrected chi connectivity index (χ2v) is 10.2. The van der Waals surface area contributed by atoms with E-state index in [0.29, 0.717) is 37.3 Å². The number of ketones is 1. The first kappa shape index (κ1) is 23.3. The highest BCUT2D eigenvalue weighted by atomic mass is 32.2. The number of carbonyl (C=O) groups excluding carboxylic acids is 2. The Labute approximate surface area is 193 Å². The molecule has 1 amide bonds. The van der Waals surface area contributed by atoms with E-state index in [1.807, 2.05) is 12.1 Å².